The third-order valence-electron chi connectivity index (χ3n) is 4.43. The maximum Gasteiger partial charge on any atom is 0.291 e. The summed E-state index contributed by atoms with van der Waals surface area (Å²) in [7, 11) is 0. The molecule has 1 N–H and O–H groups in total. The number of anilines is 1. The highest BCUT2D eigenvalue weighted by molar-refractivity contribution is 6.05. The van der Waals surface area contributed by atoms with Crippen LogP contribution in [0.1, 0.15) is 10.6 Å². The van der Waals surface area contributed by atoms with Crippen molar-refractivity contribution in [3.05, 3.63) is 84.8 Å². The van der Waals surface area contributed by atoms with Crippen molar-refractivity contribution in [3.63, 3.8) is 0 Å². The molecule has 0 fully saturated rings. The maximum absolute atomic E-state index is 12.3. The van der Waals surface area contributed by atoms with E-state index >= 15 is 0 Å². The van der Waals surface area contributed by atoms with Gasteiger partial charge in [-0.05, 0) is 35.7 Å². The monoisotopic (exact) mass is 354 g/mol. The summed E-state index contributed by atoms with van der Waals surface area (Å²) in [6.45, 7) is 0. The van der Waals surface area contributed by atoms with Crippen LogP contribution in [0.15, 0.2) is 87.9 Å². The van der Waals surface area contributed by atoms with Gasteiger partial charge < -0.3 is 14.2 Å². The summed E-state index contributed by atoms with van der Waals surface area (Å²) in [4.78, 5) is 17.0. The minimum atomic E-state index is -0.325. The van der Waals surface area contributed by atoms with E-state index in [0.29, 0.717) is 17.1 Å². The Balaban J connectivity index is 1.61. The van der Waals surface area contributed by atoms with Gasteiger partial charge in [-0.25, -0.2) is 4.98 Å². The first kappa shape index (κ1) is 15.4. The molecule has 5 heteroatoms. The first-order chi connectivity index (χ1) is 13.3. The van der Waals surface area contributed by atoms with Crippen LogP contribution in [0, 0.1) is 0 Å². The number of amides is 1. The van der Waals surface area contributed by atoms with Crippen LogP contribution in [0.4, 0.5) is 5.69 Å². The smallest absolute Gasteiger partial charge is 0.291 e. The summed E-state index contributed by atoms with van der Waals surface area (Å²) < 4.78 is 11.3. The molecule has 0 radical (unpaired) electrons. The minimum Gasteiger partial charge on any atom is -0.459 e. The Kier molecular flexibility index (Phi) is 3.50. The number of hydrogen-bond donors (Lipinski definition) is 1. The summed E-state index contributed by atoms with van der Waals surface area (Å²) in [5.41, 5.74) is 2.82. The molecule has 5 rings (SSSR count). The van der Waals surface area contributed by atoms with Crippen LogP contribution in [0.5, 0.6) is 0 Å². The molecule has 0 aliphatic heterocycles. The van der Waals surface area contributed by atoms with Crippen LogP contribution in [0.3, 0.4) is 0 Å². The summed E-state index contributed by atoms with van der Waals surface area (Å²) >= 11 is 0. The number of nitrogens with one attached hydrogen (secondary N) is 1. The van der Waals surface area contributed by atoms with Crippen molar-refractivity contribution >= 4 is 33.5 Å². The molecule has 0 atom stereocenters. The van der Waals surface area contributed by atoms with Gasteiger partial charge in [-0.1, -0.05) is 42.5 Å². The molecule has 27 heavy (non-hydrogen) atoms. The Bertz CT molecular complexity index is 1270. The molecule has 0 unspecified atom stereocenters. The first-order valence-corrected chi connectivity index (χ1v) is 8.52. The SMILES string of the molecule is O=C(Nc1ccccc1-c1nc2ccc3ccccc3c2o1)c1ccco1. The maximum atomic E-state index is 12.3. The van der Waals surface area contributed by atoms with E-state index in [1.54, 1.807) is 12.1 Å². The number of furan rings is 1. The topological polar surface area (TPSA) is 68.3 Å². The first-order valence-electron chi connectivity index (χ1n) is 8.52. The summed E-state index contributed by atoms with van der Waals surface area (Å²) in [6, 6.07) is 22.7. The van der Waals surface area contributed by atoms with E-state index in [4.69, 9.17) is 8.83 Å². The van der Waals surface area contributed by atoms with Gasteiger partial charge in [0.05, 0.1) is 17.5 Å². The molecule has 130 valence electrons. The van der Waals surface area contributed by atoms with Crippen molar-refractivity contribution < 1.29 is 13.6 Å². The van der Waals surface area contributed by atoms with Crippen molar-refractivity contribution in [2.75, 3.05) is 5.32 Å². The van der Waals surface area contributed by atoms with E-state index in [2.05, 4.69) is 10.3 Å². The number of aromatic nitrogens is 1. The van der Waals surface area contributed by atoms with Gasteiger partial charge in [0.25, 0.3) is 5.91 Å². The number of para-hydroxylation sites is 1. The third kappa shape index (κ3) is 2.66. The minimum absolute atomic E-state index is 0.244. The van der Waals surface area contributed by atoms with Crippen LogP contribution in [0.25, 0.3) is 33.3 Å². The molecule has 5 nitrogen and oxygen atoms in total. The second kappa shape index (κ2) is 6.14. The van der Waals surface area contributed by atoms with Gasteiger partial charge in [-0.15, -0.1) is 0 Å². The number of oxazole rings is 1. The van der Waals surface area contributed by atoms with E-state index in [0.717, 1.165) is 21.9 Å². The number of benzene rings is 3. The van der Waals surface area contributed by atoms with Gasteiger partial charge in [0.2, 0.25) is 5.89 Å². The largest absolute Gasteiger partial charge is 0.459 e. The van der Waals surface area contributed by atoms with Gasteiger partial charge in [0.1, 0.15) is 5.52 Å². The van der Waals surface area contributed by atoms with Crippen LogP contribution in [0.2, 0.25) is 0 Å². The Morgan fingerprint density at radius 2 is 1.74 bits per heavy atom. The van der Waals surface area contributed by atoms with Gasteiger partial charge in [0.15, 0.2) is 11.3 Å². The third-order valence-corrected chi connectivity index (χ3v) is 4.43. The van der Waals surface area contributed by atoms with E-state index in [9.17, 15) is 4.79 Å². The fraction of sp³-hybridized carbons (Fsp3) is 0. The molecule has 5 aromatic rings. The summed E-state index contributed by atoms with van der Waals surface area (Å²) in [5, 5.41) is 4.96. The van der Waals surface area contributed by atoms with Crippen LogP contribution in [-0.2, 0) is 0 Å². The zero-order valence-electron chi connectivity index (χ0n) is 14.2. The lowest BCUT2D eigenvalue weighted by atomic mass is 10.1. The Morgan fingerprint density at radius 3 is 2.63 bits per heavy atom. The molecule has 2 heterocycles. The number of fused-ring (bicyclic) bond motifs is 3. The Morgan fingerprint density at radius 1 is 0.889 bits per heavy atom. The second-order valence-corrected chi connectivity index (χ2v) is 6.13. The Labute approximate surface area is 154 Å². The van der Waals surface area contributed by atoms with E-state index < -0.39 is 0 Å². The normalized spacial score (nSPS) is 11.1. The molecular weight excluding hydrogens is 340 g/mol. The Hall–Kier alpha value is -3.86. The second-order valence-electron chi connectivity index (χ2n) is 6.13. The van der Waals surface area contributed by atoms with Crippen molar-refractivity contribution in [2.24, 2.45) is 0 Å². The van der Waals surface area contributed by atoms with Crippen LogP contribution >= 0.6 is 0 Å². The molecule has 0 saturated carbocycles. The standard InChI is InChI=1S/C22H14N2O3/c25-21(19-10-5-13-26-19)23-17-9-4-3-8-16(17)22-24-18-12-11-14-6-1-2-7-15(14)20(18)27-22/h1-13H,(H,23,25). The number of carbonyl (C=O) groups excluding carboxylic acids is 1. The predicted molar refractivity (Wildman–Crippen MR) is 104 cm³/mol. The average molecular weight is 354 g/mol. The molecule has 0 saturated heterocycles. The molecule has 0 aliphatic carbocycles. The van der Waals surface area contributed by atoms with Gasteiger partial charge in [0, 0.05) is 5.39 Å². The van der Waals surface area contributed by atoms with Gasteiger partial charge in [-0.3, -0.25) is 4.79 Å². The van der Waals surface area contributed by atoms with Crippen LogP contribution in [-0.4, -0.2) is 10.9 Å². The molecule has 1 amide bonds. The predicted octanol–water partition coefficient (Wildman–Crippen LogP) is 5.49. The average Bonchev–Trinajstić information content (AvgIpc) is 3.38. The lowest BCUT2D eigenvalue weighted by Gasteiger charge is -2.07. The van der Waals surface area contributed by atoms with Gasteiger partial charge >= 0.3 is 0 Å². The van der Waals surface area contributed by atoms with Crippen molar-refractivity contribution in [1.82, 2.24) is 4.98 Å². The molecule has 0 bridgehead atoms. The molecule has 0 spiro atoms. The van der Waals surface area contributed by atoms with E-state index in [1.165, 1.54) is 6.26 Å². The molecule has 2 aromatic heterocycles. The number of hydrogen-bond acceptors (Lipinski definition) is 4. The van der Waals surface area contributed by atoms with Gasteiger partial charge in [-0.2, -0.15) is 0 Å². The fourth-order valence-electron chi connectivity index (χ4n) is 3.14. The summed E-state index contributed by atoms with van der Waals surface area (Å²) in [5.74, 6) is 0.374. The highest BCUT2D eigenvalue weighted by Gasteiger charge is 2.16. The molecule has 0 aliphatic rings. The summed E-state index contributed by atoms with van der Waals surface area (Å²) in [6.07, 6.45) is 1.47. The number of rotatable bonds is 3. The quantitative estimate of drug-likeness (QED) is 0.465. The van der Waals surface area contributed by atoms with Crippen LogP contribution < -0.4 is 5.32 Å². The fourth-order valence-corrected chi connectivity index (χ4v) is 3.14. The number of nitrogens with zero attached hydrogens (tertiary/aromatic N) is 1. The highest BCUT2D eigenvalue weighted by atomic mass is 16.3. The zero-order valence-corrected chi connectivity index (χ0v) is 14.2. The zero-order chi connectivity index (χ0) is 18.2. The number of carbonyl (C=O) groups is 1. The van der Waals surface area contributed by atoms with E-state index in [-0.39, 0.29) is 11.7 Å². The van der Waals surface area contributed by atoms with Crippen molar-refractivity contribution in [3.8, 4) is 11.5 Å². The molecular formula is C22H14N2O3. The van der Waals surface area contributed by atoms with Crippen molar-refractivity contribution in [1.29, 1.82) is 0 Å². The highest BCUT2D eigenvalue weighted by Crippen LogP contribution is 2.33. The lowest BCUT2D eigenvalue weighted by molar-refractivity contribution is 0.0996. The van der Waals surface area contributed by atoms with E-state index in [1.807, 2.05) is 60.7 Å². The molecule has 3 aromatic carbocycles. The van der Waals surface area contributed by atoms with Crippen molar-refractivity contribution in [2.45, 2.75) is 0 Å². The lowest BCUT2D eigenvalue weighted by Crippen LogP contribution is -2.11.